The van der Waals surface area contributed by atoms with Crippen molar-refractivity contribution < 1.29 is 0 Å². The third-order valence-corrected chi connectivity index (χ3v) is 3.46. The van der Waals surface area contributed by atoms with Gasteiger partial charge in [0.25, 0.3) is 0 Å². The molecule has 2 N–H and O–H groups in total. The molecule has 0 saturated heterocycles. The predicted molar refractivity (Wildman–Crippen MR) is 82.7 cm³/mol. The van der Waals surface area contributed by atoms with E-state index in [1.54, 1.807) is 0 Å². The Kier molecular flexibility index (Phi) is 5.89. The lowest BCUT2D eigenvalue weighted by molar-refractivity contribution is 0.418. The molecule has 0 saturated carbocycles. The summed E-state index contributed by atoms with van der Waals surface area (Å²) in [6.45, 7) is 16.1. The van der Waals surface area contributed by atoms with Crippen LogP contribution in [0.1, 0.15) is 58.5 Å². The fourth-order valence-electron chi connectivity index (χ4n) is 1.77. The van der Waals surface area contributed by atoms with E-state index in [1.807, 2.05) is 0 Å². The fraction of sp³-hybridized carbons (Fsp3) is 0.857. The maximum absolute atomic E-state index is 4.25. The van der Waals surface area contributed by atoms with Gasteiger partial charge in [-0.3, -0.25) is 0 Å². The van der Waals surface area contributed by atoms with Crippen molar-refractivity contribution in [2.75, 3.05) is 13.1 Å². The van der Waals surface area contributed by atoms with Crippen LogP contribution in [-0.2, 0) is 12.0 Å². The van der Waals surface area contributed by atoms with Gasteiger partial charge in [-0.15, -0.1) is 5.10 Å². The van der Waals surface area contributed by atoms with E-state index in [9.17, 15) is 0 Å². The summed E-state index contributed by atoms with van der Waals surface area (Å²) in [5.74, 6) is 0. The monoisotopic (exact) mass is 284 g/mol. The second kappa shape index (κ2) is 6.77. The van der Waals surface area contributed by atoms with Crippen LogP contribution in [0.15, 0.2) is 0 Å². The van der Waals surface area contributed by atoms with E-state index in [2.05, 4.69) is 61.8 Å². The van der Waals surface area contributed by atoms with Gasteiger partial charge in [-0.2, -0.15) is 0 Å². The first-order valence-electron chi connectivity index (χ1n) is 6.97. The summed E-state index contributed by atoms with van der Waals surface area (Å²) >= 11 is 1.51. The summed E-state index contributed by atoms with van der Waals surface area (Å²) in [5, 5.41) is 11.2. The molecule has 0 aliphatic heterocycles. The zero-order valence-electron chi connectivity index (χ0n) is 13.1. The molecule has 0 bridgehead atoms. The number of nitrogens with zero attached hydrogens (tertiary/aromatic N) is 2. The molecule has 1 aromatic heterocycles. The van der Waals surface area contributed by atoms with E-state index in [-0.39, 0.29) is 11.0 Å². The van der Waals surface area contributed by atoms with Gasteiger partial charge in [0.1, 0.15) is 0 Å². The number of rotatable bonds is 6. The van der Waals surface area contributed by atoms with Crippen LogP contribution in [0.4, 0.5) is 0 Å². The Morgan fingerprint density at radius 2 is 1.74 bits per heavy atom. The molecule has 110 valence electrons. The number of hydrogen-bond acceptors (Lipinski definition) is 5. The van der Waals surface area contributed by atoms with Crippen LogP contribution in [0.5, 0.6) is 0 Å². The summed E-state index contributed by atoms with van der Waals surface area (Å²) < 4.78 is 4.08. The van der Waals surface area contributed by atoms with E-state index in [1.165, 1.54) is 16.4 Å². The Balaban J connectivity index is 2.25. The molecule has 0 atom stereocenters. The first-order valence-corrected chi connectivity index (χ1v) is 7.75. The SMILES string of the molecule is CC(C)(C)NCCCNCc1snnc1C(C)(C)C. The lowest BCUT2D eigenvalue weighted by Gasteiger charge is -2.20. The molecule has 1 aromatic rings. The molecule has 0 amide bonds. The number of aromatic nitrogens is 2. The van der Waals surface area contributed by atoms with Crippen molar-refractivity contribution >= 4 is 11.5 Å². The van der Waals surface area contributed by atoms with E-state index in [4.69, 9.17) is 0 Å². The van der Waals surface area contributed by atoms with Gasteiger partial charge >= 0.3 is 0 Å². The predicted octanol–water partition coefficient (Wildman–Crippen LogP) is 2.70. The van der Waals surface area contributed by atoms with Crippen molar-refractivity contribution in [1.29, 1.82) is 0 Å². The van der Waals surface area contributed by atoms with E-state index in [0.29, 0.717) is 0 Å². The summed E-state index contributed by atoms with van der Waals surface area (Å²) in [7, 11) is 0. The fourth-order valence-corrected chi connectivity index (χ4v) is 2.59. The maximum atomic E-state index is 4.25. The van der Waals surface area contributed by atoms with Gasteiger partial charge in [0.05, 0.1) is 10.6 Å². The number of nitrogens with one attached hydrogen (secondary N) is 2. The Labute approximate surface area is 121 Å². The van der Waals surface area contributed by atoms with Crippen molar-refractivity contribution in [2.45, 2.75) is 65.5 Å². The second-order valence-electron chi connectivity index (χ2n) is 7.00. The van der Waals surface area contributed by atoms with Gasteiger partial charge in [0, 0.05) is 17.5 Å². The highest BCUT2D eigenvalue weighted by Gasteiger charge is 2.21. The standard InChI is InChI=1S/C14H28N4S/c1-13(2,3)12-11(19-18-17-12)10-15-8-7-9-16-14(4,5)6/h15-16H,7-10H2,1-6H3. The normalized spacial score (nSPS) is 12.9. The van der Waals surface area contributed by atoms with Gasteiger partial charge in [0.2, 0.25) is 0 Å². The molecule has 0 spiro atoms. The highest BCUT2D eigenvalue weighted by atomic mass is 32.1. The van der Waals surface area contributed by atoms with Gasteiger partial charge < -0.3 is 10.6 Å². The summed E-state index contributed by atoms with van der Waals surface area (Å²) in [6, 6.07) is 0. The zero-order chi connectivity index (χ0) is 14.5. The molecular weight excluding hydrogens is 256 g/mol. The number of hydrogen-bond donors (Lipinski definition) is 2. The van der Waals surface area contributed by atoms with Crippen molar-refractivity contribution in [1.82, 2.24) is 20.2 Å². The van der Waals surface area contributed by atoms with Gasteiger partial charge in [0.15, 0.2) is 0 Å². The highest BCUT2D eigenvalue weighted by Crippen LogP contribution is 2.25. The minimum absolute atomic E-state index is 0.0812. The minimum atomic E-state index is 0.0812. The van der Waals surface area contributed by atoms with Crippen molar-refractivity contribution in [3.8, 4) is 0 Å². The Morgan fingerprint density at radius 1 is 1.05 bits per heavy atom. The third-order valence-electron chi connectivity index (χ3n) is 2.74. The maximum Gasteiger partial charge on any atom is 0.0854 e. The molecular formula is C14H28N4S. The Morgan fingerprint density at radius 3 is 2.32 bits per heavy atom. The first kappa shape index (κ1) is 16.5. The second-order valence-corrected chi connectivity index (χ2v) is 7.84. The summed E-state index contributed by atoms with van der Waals surface area (Å²) in [4.78, 5) is 1.26. The van der Waals surface area contributed by atoms with Gasteiger partial charge in [-0.05, 0) is 51.8 Å². The van der Waals surface area contributed by atoms with Crippen LogP contribution >= 0.6 is 11.5 Å². The molecule has 1 heterocycles. The molecule has 0 aliphatic rings. The average Bonchev–Trinajstić information content (AvgIpc) is 2.69. The molecule has 0 radical (unpaired) electrons. The molecule has 0 unspecified atom stereocenters. The first-order chi connectivity index (χ1) is 8.70. The summed E-state index contributed by atoms with van der Waals surface area (Å²) in [5.41, 5.74) is 1.41. The third kappa shape index (κ3) is 6.45. The molecule has 4 nitrogen and oxygen atoms in total. The van der Waals surface area contributed by atoms with Crippen LogP contribution in [-0.4, -0.2) is 28.2 Å². The van der Waals surface area contributed by atoms with E-state index < -0.39 is 0 Å². The topological polar surface area (TPSA) is 49.8 Å². The minimum Gasteiger partial charge on any atom is -0.312 e. The smallest absolute Gasteiger partial charge is 0.0854 e. The lowest BCUT2D eigenvalue weighted by Crippen LogP contribution is -2.37. The molecule has 0 fully saturated rings. The van der Waals surface area contributed by atoms with E-state index in [0.717, 1.165) is 31.7 Å². The van der Waals surface area contributed by atoms with Crippen LogP contribution in [0.2, 0.25) is 0 Å². The Hall–Kier alpha value is -0.520. The van der Waals surface area contributed by atoms with Gasteiger partial charge in [-0.1, -0.05) is 25.3 Å². The van der Waals surface area contributed by atoms with Crippen molar-refractivity contribution in [3.63, 3.8) is 0 Å². The quantitative estimate of drug-likeness (QED) is 0.789. The molecule has 19 heavy (non-hydrogen) atoms. The molecule has 5 heteroatoms. The Bertz CT molecular complexity index is 374. The highest BCUT2D eigenvalue weighted by molar-refractivity contribution is 7.05. The van der Waals surface area contributed by atoms with Crippen LogP contribution in [0, 0.1) is 0 Å². The largest absolute Gasteiger partial charge is 0.312 e. The summed E-state index contributed by atoms with van der Waals surface area (Å²) in [6.07, 6.45) is 1.13. The van der Waals surface area contributed by atoms with Crippen molar-refractivity contribution in [3.05, 3.63) is 10.6 Å². The van der Waals surface area contributed by atoms with Crippen molar-refractivity contribution in [2.24, 2.45) is 0 Å². The average molecular weight is 284 g/mol. The van der Waals surface area contributed by atoms with Gasteiger partial charge in [-0.25, -0.2) is 0 Å². The van der Waals surface area contributed by atoms with Crippen LogP contribution in [0.3, 0.4) is 0 Å². The molecule has 1 rings (SSSR count). The van der Waals surface area contributed by atoms with Crippen LogP contribution in [0.25, 0.3) is 0 Å². The van der Waals surface area contributed by atoms with Crippen LogP contribution < -0.4 is 10.6 Å². The molecule has 0 aliphatic carbocycles. The zero-order valence-corrected chi connectivity index (χ0v) is 13.9. The van der Waals surface area contributed by atoms with E-state index >= 15 is 0 Å². The molecule has 0 aromatic carbocycles. The lowest BCUT2D eigenvalue weighted by atomic mass is 9.91.